The van der Waals surface area contributed by atoms with E-state index in [-0.39, 0.29) is 40.3 Å². The third-order valence-corrected chi connectivity index (χ3v) is 7.16. The summed E-state index contributed by atoms with van der Waals surface area (Å²) in [6.07, 6.45) is -13.6. The van der Waals surface area contributed by atoms with Crippen molar-refractivity contribution in [3.05, 3.63) is 52.7 Å². The van der Waals surface area contributed by atoms with E-state index in [0.29, 0.717) is 11.3 Å². The van der Waals surface area contributed by atoms with Crippen molar-refractivity contribution in [1.82, 2.24) is 0 Å². The van der Waals surface area contributed by atoms with Gasteiger partial charge in [-0.1, -0.05) is 0 Å². The Bertz CT molecular complexity index is 1420. The van der Waals surface area contributed by atoms with E-state index in [1.807, 2.05) is 0 Å². The molecule has 6 N–H and O–H groups in total. The zero-order valence-corrected chi connectivity index (χ0v) is 22.6. The topological polar surface area (TPSA) is 207 Å². The van der Waals surface area contributed by atoms with Gasteiger partial charge in [-0.2, -0.15) is 0 Å². The molecule has 2 fully saturated rings. The molecule has 0 aliphatic carbocycles. The molecule has 14 heteroatoms. The van der Waals surface area contributed by atoms with Gasteiger partial charge in [0.25, 0.3) is 0 Å². The Hall–Kier alpha value is -3.31. The summed E-state index contributed by atoms with van der Waals surface area (Å²) in [6, 6.07) is 11.0. The molecule has 0 saturated carbocycles. The smallest absolute Gasteiger partial charge is 0.229 e. The van der Waals surface area contributed by atoms with Crippen molar-refractivity contribution in [2.24, 2.45) is 0 Å². The molecule has 3 heterocycles. The van der Waals surface area contributed by atoms with Gasteiger partial charge in [0.05, 0.1) is 27.4 Å². The molecule has 42 heavy (non-hydrogen) atoms. The average Bonchev–Trinajstić information content (AvgIpc) is 2.99. The van der Waals surface area contributed by atoms with Gasteiger partial charge in [-0.3, -0.25) is 4.79 Å². The first-order valence-electron chi connectivity index (χ1n) is 13.0. The molecular weight excluding hydrogens is 560 g/mol. The predicted octanol–water partition coefficient (Wildman–Crippen LogP) is -0.881. The Morgan fingerprint density at radius 1 is 0.810 bits per heavy atom. The van der Waals surface area contributed by atoms with Crippen LogP contribution in [-0.4, -0.2) is 113 Å². The fourth-order valence-corrected chi connectivity index (χ4v) is 4.76. The van der Waals surface area contributed by atoms with Gasteiger partial charge >= 0.3 is 0 Å². The predicted molar refractivity (Wildman–Crippen MR) is 142 cm³/mol. The number of aliphatic hydroxyl groups excluding tert-OH is 6. The molecule has 2 aromatic carbocycles. The molecule has 2 aliphatic rings. The van der Waals surface area contributed by atoms with Gasteiger partial charge in [-0.05, 0) is 24.3 Å². The van der Waals surface area contributed by atoms with Gasteiger partial charge in [-0.25, -0.2) is 0 Å². The minimum absolute atomic E-state index is 0.0461. The standard InChI is InChI=1S/C28H32O14/c1-36-13-5-3-12(4-6-13)17-9-15(29)21-18(37-2)7-14(8-19(21)41-17)40-28-26(35)24(33)23(32)20(42-28)11-39-27-25(34)22(31)16(30)10-38-27/h3-9,16,20,22-28,30-35H,10-11H2,1-2H3/t16-,20+,22-,23+,24-,25-,26+,27-,28+/m0/s1. The fraction of sp³-hybridized carbons (Fsp3) is 0.464. The van der Waals surface area contributed by atoms with Crippen LogP contribution in [0, 0.1) is 0 Å². The second-order valence-electron chi connectivity index (χ2n) is 9.92. The maximum atomic E-state index is 13.0. The number of aliphatic hydroxyl groups is 6. The minimum atomic E-state index is -1.72. The van der Waals surface area contributed by atoms with Crippen LogP contribution in [0.4, 0.5) is 0 Å². The highest BCUT2D eigenvalue weighted by atomic mass is 16.7. The number of ether oxygens (including phenoxy) is 6. The lowest BCUT2D eigenvalue weighted by Gasteiger charge is -2.41. The molecule has 2 saturated heterocycles. The van der Waals surface area contributed by atoms with Crippen LogP contribution in [0.2, 0.25) is 0 Å². The summed E-state index contributed by atoms with van der Waals surface area (Å²) in [4.78, 5) is 13.0. The van der Waals surface area contributed by atoms with Gasteiger partial charge in [0.15, 0.2) is 11.7 Å². The summed E-state index contributed by atoms with van der Waals surface area (Å²) in [6.45, 7) is -0.749. The fourth-order valence-electron chi connectivity index (χ4n) is 4.76. The van der Waals surface area contributed by atoms with Crippen LogP contribution in [0.25, 0.3) is 22.3 Å². The summed E-state index contributed by atoms with van der Waals surface area (Å²) in [7, 11) is 2.89. The van der Waals surface area contributed by atoms with Crippen molar-refractivity contribution in [2.45, 2.75) is 55.3 Å². The molecule has 0 radical (unpaired) electrons. The first kappa shape index (κ1) is 30.2. The highest BCUT2D eigenvalue weighted by molar-refractivity contribution is 5.86. The Balaban J connectivity index is 1.37. The van der Waals surface area contributed by atoms with E-state index < -0.39 is 61.9 Å². The van der Waals surface area contributed by atoms with E-state index in [2.05, 4.69) is 0 Å². The second-order valence-corrected chi connectivity index (χ2v) is 9.92. The van der Waals surface area contributed by atoms with E-state index in [9.17, 15) is 35.4 Å². The molecule has 9 atom stereocenters. The third-order valence-electron chi connectivity index (χ3n) is 7.16. The Labute approximate surface area is 238 Å². The van der Waals surface area contributed by atoms with Crippen molar-refractivity contribution < 1.29 is 63.5 Å². The van der Waals surface area contributed by atoms with Gasteiger partial charge in [0, 0.05) is 23.8 Å². The number of benzene rings is 2. The van der Waals surface area contributed by atoms with Crippen molar-refractivity contribution in [3.8, 4) is 28.6 Å². The third kappa shape index (κ3) is 5.94. The maximum absolute atomic E-state index is 13.0. The zero-order chi connectivity index (χ0) is 30.1. The second kappa shape index (κ2) is 12.5. The Kier molecular flexibility index (Phi) is 8.98. The summed E-state index contributed by atoms with van der Waals surface area (Å²) in [5, 5.41) is 61.2. The van der Waals surface area contributed by atoms with Crippen LogP contribution in [0.15, 0.2) is 51.7 Å². The molecule has 14 nitrogen and oxygen atoms in total. The highest BCUT2D eigenvalue weighted by Gasteiger charge is 2.46. The van der Waals surface area contributed by atoms with Crippen LogP contribution < -0.4 is 19.6 Å². The number of methoxy groups -OCH3 is 2. The van der Waals surface area contributed by atoms with Crippen molar-refractivity contribution in [3.63, 3.8) is 0 Å². The lowest BCUT2D eigenvalue weighted by Crippen LogP contribution is -2.61. The molecule has 0 bridgehead atoms. The van der Waals surface area contributed by atoms with Gasteiger partial charge in [-0.15, -0.1) is 0 Å². The summed E-state index contributed by atoms with van der Waals surface area (Å²) in [5.74, 6) is 1.06. The van der Waals surface area contributed by atoms with E-state index in [4.69, 9.17) is 32.8 Å². The molecule has 0 spiro atoms. The number of fused-ring (bicyclic) bond motifs is 1. The lowest BCUT2D eigenvalue weighted by molar-refractivity contribution is -0.307. The van der Waals surface area contributed by atoms with E-state index in [1.165, 1.54) is 32.4 Å². The monoisotopic (exact) mass is 592 g/mol. The minimum Gasteiger partial charge on any atom is -0.497 e. The molecular formula is C28H32O14. The van der Waals surface area contributed by atoms with Gasteiger partial charge in [0.1, 0.15) is 76.7 Å². The van der Waals surface area contributed by atoms with Crippen molar-refractivity contribution in [1.29, 1.82) is 0 Å². The quantitative estimate of drug-likeness (QED) is 0.188. The summed E-state index contributed by atoms with van der Waals surface area (Å²) >= 11 is 0. The van der Waals surface area contributed by atoms with Crippen molar-refractivity contribution in [2.75, 3.05) is 27.4 Å². The van der Waals surface area contributed by atoms with Gasteiger partial charge < -0.3 is 63.5 Å². The molecule has 2 aliphatic heterocycles. The number of rotatable bonds is 8. The first-order chi connectivity index (χ1) is 20.1. The largest absolute Gasteiger partial charge is 0.497 e. The Morgan fingerprint density at radius 2 is 1.52 bits per heavy atom. The molecule has 1 aromatic heterocycles. The number of hydrogen-bond donors (Lipinski definition) is 6. The first-order valence-corrected chi connectivity index (χ1v) is 13.0. The average molecular weight is 593 g/mol. The van der Waals surface area contributed by atoms with Crippen molar-refractivity contribution >= 4 is 11.0 Å². The molecule has 0 unspecified atom stereocenters. The Morgan fingerprint density at radius 3 is 2.21 bits per heavy atom. The van der Waals surface area contributed by atoms with Gasteiger partial charge in [0.2, 0.25) is 6.29 Å². The van der Waals surface area contributed by atoms with E-state index in [1.54, 1.807) is 24.3 Å². The van der Waals surface area contributed by atoms with Crippen LogP contribution in [0.1, 0.15) is 0 Å². The molecule has 5 rings (SSSR count). The molecule has 0 amide bonds. The highest BCUT2D eigenvalue weighted by Crippen LogP contribution is 2.34. The van der Waals surface area contributed by atoms with E-state index in [0.717, 1.165) is 0 Å². The van der Waals surface area contributed by atoms with Crippen LogP contribution in [-0.2, 0) is 14.2 Å². The summed E-state index contributed by atoms with van der Waals surface area (Å²) in [5.41, 5.74) is 0.345. The number of hydrogen-bond acceptors (Lipinski definition) is 14. The maximum Gasteiger partial charge on any atom is 0.229 e. The van der Waals surface area contributed by atoms with Crippen LogP contribution in [0.3, 0.4) is 0 Å². The lowest BCUT2D eigenvalue weighted by atomic mass is 9.99. The normalized spacial score (nSPS) is 31.6. The van der Waals surface area contributed by atoms with Crippen LogP contribution >= 0.6 is 0 Å². The molecule has 228 valence electrons. The SMILES string of the molecule is COc1ccc(-c2cc(=O)c3c(OC)cc(O[C@@H]4O[C@H](CO[C@@H]5OC[C@H](O)[C@H](O)[C@@H]5O)[C@@H](O)[C@H](O)[C@H]4O)cc3o2)cc1. The zero-order valence-electron chi connectivity index (χ0n) is 22.6. The van der Waals surface area contributed by atoms with E-state index >= 15 is 0 Å². The molecule has 3 aromatic rings. The summed E-state index contributed by atoms with van der Waals surface area (Å²) < 4.78 is 38.7. The van der Waals surface area contributed by atoms with Crippen LogP contribution in [0.5, 0.6) is 17.2 Å².